The van der Waals surface area contributed by atoms with Gasteiger partial charge in [0, 0.05) is 25.7 Å². The van der Waals surface area contributed by atoms with Crippen LogP contribution in [0.1, 0.15) is 47.0 Å². The van der Waals surface area contributed by atoms with Crippen LogP contribution in [-0.2, 0) is 4.74 Å². The summed E-state index contributed by atoms with van der Waals surface area (Å²) in [5, 5.41) is 3.61. The summed E-state index contributed by atoms with van der Waals surface area (Å²) in [6.07, 6.45) is 3.63. The van der Waals surface area contributed by atoms with Crippen LogP contribution in [0.3, 0.4) is 0 Å². The van der Waals surface area contributed by atoms with Crippen LogP contribution in [0, 0.1) is 5.92 Å². The lowest BCUT2D eigenvalue weighted by atomic mass is 10.2. The summed E-state index contributed by atoms with van der Waals surface area (Å²) in [6, 6.07) is 0.901. The maximum atomic E-state index is 12.2. The maximum absolute atomic E-state index is 12.2. The summed E-state index contributed by atoms with van der Waals surface area (Å²) < 4.78 is 5.48. The molecule has 0 aromatic carbocycles. The smallest absolute Gasteiger partial charge is 0.410 e. The molecule has 2 fully saturated rings. The van der Waals surface area contributed by atoms with E-state index in [9.17, 15) is 4.79 Å². The van der Waals surface area contributed by atoms with E-state index in [4.69, 9.17) is 4.74 Å². The number of carbonyl (C=O) groups is 1. The molecule has 0 aromatic rings. The van der Waals surface area contributed by atoms with Gasteiger partial charge < -0.3 is 19.9 Å². The SMILES string of the molecule is CCCC1CC1NC1=NCC2CN(C(=O)OC(C)(C)C)CCN12.I. The van der Waals surface area contributed by atoms with Gasteiger partial charge in [0.1, 0.15) is 5.60 Å². The van der Waals surface area contributed by atoms with E-state index in [0.29, 0.717) is 25.2 Å². The number of nitrogens with one attached hydrogen (secondary N) is 1. The second-order valence-corrected chi connectivity index (χ2v) is 7.97. The molecule has 138 valence electrons. The Morgan fingerprint density at radius 1 is 1.38 bits per heavy atom. The summed E-state index contributed by atoms with van der Waals surface area (Å²) in [4.78, 5) is 21.1. The lowest BCUT2D eigenvalue weighted by Gasteiger charge is -2.39. The molecule has 1 N–H and O–H groups in total. The number of hydrogen-bond acceptors (Lipinski definition) is 5. The molecule has 1 saturated carbocycles. The average Bonchev–Trinajstić information content (AvgIpc) is 3.06. The highest BCUT2D eigenvalue weighted by molar-refractivity contribution is 14.0. The first kappa shape index (κ1) is 19.6. The number of hydrogen-bond donors (Lipinski definition) is 1. The van der Waals surface area contributed by atoms with Gasteiger partial charge in [0.15, 0.2) is 5.96 Å². The standard InChI is InChI=1S/C17H30N4O2.HI/c1-5-6-12-9-14(12)19-15-18-10-13-11-20(7-8-21(13)15)16(22)23-17(2,3)4;/h12-14H,5-11H2,1-4H3,(H,18,19);1H. The van der Waals surface area contributed by atoms with Crippen LogP contribution in [0.15, 0.2) is 4.99 Å². The third-order valence-corrected chi connectivity index (χ3v) is 4.75. The number of guanidine groups is 1. The van der Waals surface area contributed by atoms with Gasteiger partial charge in [-0.2, -0.15) is 0 Å². The molecular formula is C17H31IN4O2. The molecule has 2 aliphatic heterocycles. The predicted molar refractivity (Wildman–Crippen MR) is 106 cm³/mol. The molecule has 3 unspecified atom stereocenters. The molecule has 24 heavy (non-hydrogen) atoms. The van der Waals surface area contributed by atoms with Gasteiger partial charge in [-0.3, -0.25) is 4.99 Å². The minimum Gasteiger partial charge on any atom is -0.444 e. The van der Waals surface area contributed by atoms with Crippen molar-refractivity contribution >= 4 is 36.0 Å². The topological polar surface area (TPSA) is 57.2 Å². The summed E-state index contributed by atoms with van der Waals surface area (Å²) in [6.45, 7) is 11.0. The Morgan fingerprint density at radius 3 is 2.79 bits per heavy atom. The zero-order valence-corrected chi connectivity index (χ0v) is 17.6. The van der Waals surface area contributed by atoms with Crippen LogP contribution in [0.5, 0.6) is 0 Å². The molecule has 0 radical (unpaired) electrons. The molecule has 2 heterocycles. The van der Waals surface area contributed by atoms with Gasteiger partial charge in [0.2, 0.25) is 0 Å². The highest BCUT2D eigenvalue weighted by Crippen LogP contribution is 2.35. The molecule has 1 aliphatic carbocycles. The quantitative estimate of drug-likeness (QED) is 0.672. The van der Waals surface area contributed by atoms with E-state index in [2.05, 4.69) is 22.1 Å². The zero-order chi connectivity index (χ0) is 16.6. The second kappa shape index (κ2) is 7.66. The molecule has 0 aromatic heterocycles. The summed E-state index contributed by atoms with van der Waals surface area (Å²) in [5.41, 5.74) is -0.437. The summed E-state index contributed by atoms with van der Waals surface area (Å²) in [5.74, 6) is 1.87. The first-order valence-electron chi connectivity index (χ1n) is 8.93. The van der Waals surface area contributed by atoms with Crippen LogP contribution in [-0.4, -0.2) is 65.7 Å². The molecule has 3 aliphatic rings. The number of carbonyl (C=O) groups excluding carboxylic acids is 1. The second-order valence-electron chi connectivity index (χ2n) is 7.97. The highest BCUT2D eigenvalue weighted by Gasteiger charge is 2.41. The Balaban J connectivity index is 0.00000208. The van der Waals surface area contributed by atoms with Gasteiger partial charge in [-0.25, -0.2) is 4.79 Å². The van der Waals surface area contributed by atoms with Gasteiger partial charge in [0.25, 0.3) is 0 Å². The van der Waals surface area contributed by atoms with E-state index in [0.717, 1.165) is 25.0 Å². The van der Waals surface area contributed by atoms with E-state index >= 15 is 0 Å². The van der Waals surface area contributed by atoms with Gasteiger partial charge in [-0.15, -0.1) is 24.0 Å². The Kier molecular flexibility index (Phi) is 6.25. The molecule has 6 nitrogen and oxygen atoms in total. The minimum atomic E-state index is -0.437. The normalized spacial score (nSPS) is 28.7. The van der Waals surface area contributed by atoms with E-state index in [-0.39, 0.29) is 30.1 Å². The van der Waals surface area contributed by atoms with Crippen molar-refractivity contribution in [2.45, 2.75) is 64.6 Å². The average molecular weight is 450 g/mol. The van der Waals surface area contributed by atoms with Crippen LogP contribution >= 0.6 is 24.0 Å². The van der Waals surface area contributed by atoms with Crippen molar-refractivity contribution in [2.75, 3.05) is 26.2 Å². The minimum absolute atomic E-state index is 0. The van der Waals surface area contributed by atoms with Crippen LogP contribution in [0.4, 0.5) is 4.79 Å². The number of amides is 1. The van der Waals surface area contributed by atoms with Crippen molar-refractivity contribution in [1.82, 2.24) is 15.1 Å². The van der Waals surface area contributed by atoms with Crippen LogP contribution in [0.25, 0.3) is 0 Å². The lowest BCUT2D eigenvalue weighted by molar-refractivity contribution is 0.0137. The van der Waals surface area contributed by atoms with Gasteiger partial charge in [0.05, 0.1) is 12.6 Å². The number of ether oxygens (including phenoxy) is 1. The fourth-order valence-electron chi connectivity index (χ4n) is 3.47. The van der Waals surface area contributed by atoms with E-state index in [1.807, 2.05) is 25.7 Å². The summed E-state index contributed by atoms with van der Waals surface area (Å²) in [7, 11) is 0. The van der Waals surface area contributed by atoms with E-state index in [1.54, 1.807) is 0 Å². The van der Waals surface area contributed by atoms with Gasteiger partial charge in [-0.05, 0) is 39.5 Å². The van der Waals surface area contributed by atoms with Crippen molar-refractivity contribution < 1.29 is 9.53 Å². The van der Waals surface area contributed by atoms with Crippen LogP contribution < -0.4 is 5.32 Å². The maximum Gasteiger partial charge on any atom is 0.410 e. The predicted octanol–water partition coefficient (Wildman–Crippen LogP) is 2.67. The molecule has 3 atom stereocenters. The first-order valence-corrected chi connectivity index (χ1v) is 8.93. The third kappa shape index (κ3) is 4.67. The van der Waals surface area contributed by atoms with Crippen molar-refractivity contribution in [3.8, 4) is 0 Å². The van der Waals surface area contributed by atoms with Crippen LogP contribution in [0.2, 0.25) is 0 Å². The van der Waals surface area contributed by atoms with Crippen molar-refractivity contribution in [3.05, 3.63) is 0 Å². The molecule has 7 heteroatoms. The number of aliphatic imine (C=N–C) groups is 1. The number of fused-ring (bicyclic) bond motifs is 1. The number of nitrogens with zero attached hydrogens (tertiary/aromatic N) is 3. The van der Waals surface area contributed by atoms with E-state index < -0.39 is 5.60 Å². The lowest BCUT2D eigenvalue weighted by Crippen LogP contribution is -2.57. The molecular weight excluding hydrogens is 419 g/mol. The van der Waals surface area contributed by atoms with Gasteiger partial charge >= 0.3 is 6.09 Å². The fourth-order valence-corrected chi connectivity index (χ4v) is 3.47. The summed E-state index contributed by atoms with van der Waals surface area (Å²) >= 11 is 0. The van der Waals surface area contributed by atoms with E-state index in [1.165, 1.54) is 19.3 Å². The number of halogens is 1. The fraction of sp³-hybridized carbons (Fsp3) is 0.882. The van der Waals surface area contributed by atoms with Crippen molar-refractivity contribution in [3.63, 3.8) is 0 Å². The first-order chi connectivity index (χ1) is 10.9. The molecule has 1 saturated heterocycles. The number of piperazine rings is 1. The molecule has 0 bridgehead atoms. The van der Waals surface area contributed by atoms with Crippen molar-refractivity contribution in [2.24, 2.45) is 10.9 Å². The monoisotopic (exact) mass is 450 g/mol. The Hall–Kier alpha value is -0.730. The third-order valence-electron chi connectivity index (χ3n) is 4.75. The van der Waals surface area contributed by atoms with Gasteiger partial charge in [-0.1, -0.05) is 13.3 Å². The zero-order valence-electron chi connectivity index (χ0n) is 15.2. The Labute approximate surface area is 162 Å². The Bertz CT molecular complexity index is 491. The number of rotatable bonds is 3. The van der Waals surface area contributed by atoms with Crippen molar-refractivity contribution in [1.29, 1.82) is 0 Å². The Morgan fingerprint density at radius 2 is 2.12 bits per heavy atom. The highest BCUT2D eigenvalue weighted by atomic mass is 127. The molecule has 0 spiro atoms. The molecule has 1 amide bonds. The largest absolute Gasteiger partial charge is 0.444 e. The molecule has 3 rings (SSSR count).